The SMILES string of the molecule is COc1ccc(/C=C/C(=O)Nc2ccccc2Br)cc1. The molecule has 20 heavy (non-hydrogen) atoms. The molecule has 0 aliphatic heterocycles. The van der Waals surface area contributed by atoms with E-state index >= 15 is 0 Å². The van der Waals surface area contributed by atoms with Crippen LogP contribution in [0.3, 0.4) is 0 Å². The van der Waals surface area contributed by atoms with Crippen LogP contribution in [0.4, 0.5) is 5.69 Å². The summed E-state index contributed by atoms with van der Waals surface area (Å²) in [5.41, 5.74) is 1.69. The molecule has 0 heterocycles. The highest BCUT2D eigenvalue weighted by Gasteiger charge is 2.01. The van der Waals surface area contributed by atoms with Gasteiger partial charge >= 0.3 is 0 Å². The van der Waals surface area contributed by atoms with Gasteiger partial charge in [0.2, 0.25) is 5.91 Å². The largest absolute Gasteiger partial charge is 0.497 e. The molecule has 3 nitrogen and oxygen atoms in total. The maximum absolute atomic E-state index is 11.8. The summed E-state index contributed by atoms with van der Waals surface area (Å²) in [6.07, 6.45) is 3.26. The number of amides is 1. The van der Waals surface area contributed by atoms with Crippen LogP contribution in [-0.4, -0.2) is 13.0 Å². The Morgan fingerprint density at radius 1 is 1.15 bits per heavy atom. The van der Waals surface area contributed by atoms with Gasteiger partial charge in [-0.25, -0.2) is 0 Å². The Kier molecular flexibility index (Phi) is 4.96. The molecule has 1 N–H and O–H groups in total. The first-order valence-electron chi connectivity index (χ1n) is 6.06. The maximum Gasteiger partial charge on any atom is 0.248 e. The highest BCUT2D eigenvalue weighted by atomic mass is 79.9. The van der Waals surface area contributed by atoms with Gasteiger partial charge in [0.15, 0.2) is 0 Å². The molecule has 0 unspecified atom stereocenters. The standard InChI is InChI=1S/C16H14BrNO2/c1-20-13-9-6-12(7-10-13)8-11-16(19)18-15-5-3-2-4-14(15)17/h2-11H,1H3,(H,18,19)/b11-8+. The molecule has 1 amide bonds. The fourth-order valence-corrected chi connectivity index (χ4v) is 2.01. The van der Waals surface area contributed by atoms with Gasteiger partial charge in [-0.15, -0.1) is 0 Å². The lowest BCUT2D eigenvalue weighted by molar-refractivity contribution is -0.111. The summed E-state index contributed by atoms with van der Waals surface area (Å²) >= 11 is 3.38. The quantitative estimate of drug-likeness (QED) is 0.856. The first-order valence-corrected chi connectivity index (χ1v) is 6.86. The Morgan fingerprint density at radius 3 is 2.50 bits per heavy atom. The zero-order chi connectivity index (χ0) is 14.4. The molecule has 2 aromatic carbocycles. The highest BCUT2D eigenvalue weighted by molar-refractivity contribution is 9.10. The number of carbonyl (C=O) groups is 1. The second-order valence-corrected chi connectivity index (χ2v) is 4.93. The summed E-state index contributed by atoms with van der Waals surface area (Å²) in [7, 11) is 1.62. The molecule has 0 saturated carbocycles. The van der Waals surface area contributed by atoms with Gasteiger partial charge in [0.25, 0.3) is 0 Å². The van der Waals surface area contributed by atoms with E-state index in [0.717, 1.165) is 21.5 Å². The summed E-state index contributed by atoms with van der Waals surface area (Å²) in [6, 6.07) is 15.0. The molecule has 0 spiro atoms. The lowest BCUT2D eigenvalue weighted by atomic mass is 10.2. The highest BCUT2D eigenvalue weighted by Crippen LogP contribution is 2.21. The third kappa shape index (κ3) is 3.96. The van der Waals surface area contributed by atoms with Crippen molar-refractivity contribution in [2.24, 2.45) is 0 Å². The number of methoxy groups -OCH3 is 1. The molecule has 0 aliphatic rings. The van der Waals surface area contributed by atoms with Crippen LogP contribution in [0.1, 0.15) is 5.56 Å². The van der Waals surface area contributed by atoms with Crippen LogP contribution in [0.15, 0.2) is 59.1 Å². The molecular weight excluding hydrogens is 318 g/mol. The Balaban J connectivity index is 2.00. The van der Waals surface area contributed by atoms with Crippen LogP contribution >= 0.6 is 15.9 Å². The average Bonchev–Trinajstić information content (AvgIpc) is 2.48. The van der Waals surface area contributed by atoms with Crippen molar-refractivity contribution in [3.63, 3.8) is 0 Å². The fourth-order valence-electron chi connectivity index (χ4n) is 1.62. The molecule has 0 bridgehead atoms. The Morgan fingerprint density at radius 2 is 1.85 bits per heavy atom. The van der Waals surface area contributed by atoms with Gasteiger partial charge < -0.3 is 10.1 Å². The minimum Gasteiger partial charge on any atom is -0.497 e. The summed E-state index contributed by atoms with van der Waals surface area (Å²) in [5.74, 6) is 0.618. The Labute approximate surface area is 126 Å². The molecule has 0 aliphatic carbocycles. The zero-order valence-corrected chi connectivity index (χ0v) is 12.6. The number of ether oxygens (including phenoxy) is 1. The predicted molar refractivity (Wildman–Crippen MR) is 84.8 cm³/mol. The van der Waals surface area contributed by atoms with E-state index in [2.05, 4.69) is 21.2 Å². The molecule has 0 aromatic heterocycles. The number of hydrogen-bond donors (Lipinski definition) is 1. The lowest BCUT2D eigenvalue weighted by Gasteiger charge is -2.04. The fraction of sp³-hybridized carbons (Fsp3) is 0.0625. The van der Waals surface area contributed by atoms with E-state index in [4.69, 9.17) is 4.74 Å². The number of rotatable bonds is 4. The van der Waals surface area contributed by atoms with Crippen molar-refractivity contribution >= 4 is 33.6 Å². The van der Waals surface area contributed by atoms with Gasteiger partial charge in [0, 0.05) is 10.5 Å². The van der Waals surface area contributed by atoms with Crippen molar-refractivity contribution in [1.82, 2.24) is 0 Å². The molecule has 102 valence electrons. The second kappa shape index (κ2) is 6.91. The number of para-hydroxylation sites is 1. The Bertz CT molecular complexity index is 621. The van der Waals surface area contributed by atoms with Crippen LogP contribution in [0.25, 0.3) is 6.08 Å². The summed E-state index contributed by atoms with van der Waals surface area (Å²) < 4.78 is 5.93. The predicted octanol–water partition coefficient (Wildman–Crippen LogP) is 4.11. The zero-order valence-electron chi connectivity index (χ0n) is 11.0. The smallest absolute Gasteiger partial charge is 0.248 e. The van der Waals surface area contributed by atoms with E-state index in [1.165, 1.54) is 6.08 Å². The van der Waals surface area contributed by atoms with Crippen LogP contribution in [-0.2, 0) is 4.79 Å². The van der Waals surface area contributed by atoms with E-state index in [1.54, 1.807) is 13.2 Å². The van der Waals surface area contributed by atoms with Gasteiger partial charge in [-0.3, -0.25) is 4.79 Å². The number of carbonyl (C=O) groups excluding carboxylic acids is 1. The van der Waals surface area contributed by atoms with Gasteiger partial charge in [0.1, 0.15) is 5.75 Å². The van der Waals surface area contributed by atoms with Crippen molar-refractivity contribution in [2.45, 2.75) is 0 Å². The van der Waals surface area contributed by atoms with Gasteiger partial charge in [-0.2, -0.15) is 0 Å². The van der Waals surface area contributed by atoms with Gasteiger partial charge in [0.05, 0.1) is 12.8 Å². The van der Waals surface area contributed by atoms with Crippen LogP contribution in [0.5, 0.6) is 5.75 Å². The molecule has 0 radical (unpaired) electrons. The van der Waals surface area contributed by atoms with Crippen LogP contribution < -0.4 is 10.1 Å². The molecule has 0 fully saturated rings. The van der Waals surface area contributed by atoms with Crippen molar-refractivity contribution in [1.29, 1.82) is 0 Å². The number of halogens is 1. The lowest BCUT2D eigenvalue weighted by Crippen LogP contribution is -2.07. The van der Waals surface area contributed by atoms with Crippen molar-refractivity contribution in [3.05, 3.63) is 64.6 Å². The number of anilines is 1. The number of benzene rings is 2. The molecule has 4 heteroatoms. The minimum absolute atomic E-state index is 0.173. The molecule has 0 saturated heterocycles. The molecular formula is C16H14BrNO2. The average molecular weight is 332 g/mol. The van der Waals surface area contributed by atoms with E-state index in [0.29, 0.717) is 0 Å². The third-order valence-electron chi connectivity index (χ3n) is 2.67. The second-order valence-electron chi connectivity index (χ2n) is 4.08. The first kappa shape index (κ1) is 14.3. The number of nitrogens with one attached hydrogen (secondary N) is 1. The van der Waals surface area contributed by atoms with Crippen LogP contribution in [0.2, 0.25) is 0 Å². The van der Waals surface area contributed by atoms with E-state index in [1.807, 2.05) is 48.5 Å². The molecule has 2 aromatic rings. The van der Waals surface area contributed by atoms with E-state index in [-0.39, 0.29) is 5.91 Å². The van der Waals surface area contributed by atoms with Crippen molar-refractivity contribution in [2.75, 3.05) is 12.4 Å². The van der Waals surface area contributed by atoms with Gasteiger partial charge in [-0.1, -0.05) is 24.3 Å². The van der Waals surface area contributed by atoms with E-state index < -0.39 is 0 Å². The molecule has 2 rings (SSSR count). The van der Waals surface area contributed by atoms with Gasteiger partial charge in [-0.05, 0) is 51.8 Å². The first-order chi connectivity index (χ1) is 9.69. The van der Waals surface area contributed by atoms with Crippen molar-refractivity contribution < 1.29 is 9.53 Å². The topological polar surface area (TPSA) is 38.3 Å². The van der Waals surface area contributed by atoms with Crippen molar-refractivity contribution in [3.8, 4) is 5.75 Å². The summed E-state index contributed by atoms with van der Waals surface area (Å²) in [4.78, 5) is 11.8. The molecule has 0 atom stereocenters. The minimum atomic E-state index is -0.173. The summed E-state index contributed by atoms with van der Waals surface area (Å²) in [6.45, 7) is 0. The number of hydrogen-bond acceptors (Lipinski definition) is 2. The normalized spacial score (nSPS) is 10.5. The maximum atomic E-state index is 11.8. The third-order valence-corrected chi connectivity index (χ3v) is 3.37. The Hall–Kier alpha value is -2.07. The van der Waals surface area contributed by atoms with E-state index in [9.17, 15) is 4.79 Å². The summed E-state index contributed by atoms with van der Waals surface area (Å²) in [5, 5.41) is 2.81. The van der Waals surface area contributed by atoms with Crippen LogP contribution in [0, 0.1) is 0 Å². The monoisotopic (exact) mass is 331 g/mol.